The molecule has 4 rings (SSSR count). The molecular formula is C17H23ClN6O3S. The smallest absolute Gasteiger partial charge is 0.299 e. The fourth-order valence-corrected chi connectivity index (χ4v) is 4.65. The van der Waals surface area contributed by atoms with Gasteiger partial charge in [-0.3, -0.25) is 13.8 Å². The highest BCUT2D eigenvalue weighted by atomic mass is 35.5. The second-order valence-electron chi connectivity index (χ2n) is 6.90. The van der Waals surface area contributed by atoms with Crippen molar-refractivity contribution in [3.63, 3.8) is 0 Å². The number of rotatable bonds is 4. The van der Waals surface area contributed by atoms with Crippen LogP contribution in [0.1, 0.15) is 18.4 Å². The summed E-state index contributed by atoms with van der Waals surface area (Å²) < 4.78 is 26.5. The number of benzene rings is 1. The molecule has 1 saturated heterocycles. The van der Waals surface area contributed by atoms with Gasteiger partial charge in [0, 0.05) is 24.6 Å². The molecule has 11 heteroatoms. The summed E-state index contributed by atoms with van der Waals surface area (Å²) >= 11 is 0. The van der Waals surface area contributed by atoms with Crippen molar-refractivity contribution in [1.82, 2.24) is 15.1 Å². The number of nitrogens with one attached hydrogen (secondary N) is 2. The monoisotopic (exact) mass is 426 g/mol. The molecule has 1 aromatic carbocycles. The number of carbonyl (C=O) groups is 1. The van der Waals surface area contributed by atoms with Crippen molar-refractivity contribution < 1.29 is 13.2 Å². The zero-order valence-electron chi connectivity index (χ0n) is 15.2. The van der Waals surface area contributed by atoms with Crippen LogP contribution in [0.4, 0.5) is 11.4 Å². The Morgan fingerprint density at radius 1 is 1.29 bits per heavy atom. The molecule has 0 unspecified atom stereocenters. The van der Waals surface area contributed by atoms with E-state index in [1.54, 1.807) is 35.3 Å². The van der Waals surface area contributed by atoms with Crippen molar-refractivity contribution in [3.8, 4) is 0 Å². The maximum Gasteiger partial charge on any atom is 0.299 e. The van der Waals surface area contributed by atoms with E-state index in [2.05, 4.69) is 15.7 Å². The van der Waals surface area contributed by atoms with Gasteiger partial charge in [0.2, 0.25) is 0 Å². The summed E-state index contributed by atoms with van der Waals surface area (Å²) in [5.74, 6) is -0.159. The average Bonchev–Trinajstić information content (AvgIpc) is 3.31. The van der Waals surface area contributed by atoms with Crippen molar-refractivity contribution in [2.24, 2.45) is 5.14 Å². The summed E-state index contributed by atoms with van der Waals surface area (Å²) in [5.41, 5.74) is 1.19. The predicted molar refractivity (Wildman–Crippen MR) is 109 cm³/mol. The molecule has 0 radical (unpaired) electrons. The topological polar surface area (TPSA) is 122 Å². The Hall–Kier alpha value is -2.14. The maximum absolute atomic E-state index is 13.2. The fraction of sp³-hybridized carbons (Fsp3) is 0.412. The van der Waals surface area contributed by atoms with Gasteiger partial charge in [0.15, 0.2) is 0 Å². The Kier molecular flexibility index (Phi) is 5.67. The minimum Gasteiger partial charge on any atom is -0.324 e. The van der Waals surface area contributed by atoms with E-state index in [1.807, 2.05) is 6.07 Å². The lowest BCUT2D eigenvalue weighted by Crippen LogP contribution is -2.52. The number of fused-ring (bicyclic) bond motifs is 1. The second-order valence-corrected chi connectivity index (χ2v) is 8.37. The van der Waals surface area contributed by atoms with Crippen molar-refractivity contribution in [3.05, 3.63) is 42.2 Å². The molecule has 1 amide bonds. The first-order valence-electron chi connectivity index (χ1n) is 8.86. The Balaban J connectivity index is 0.00000225. The number of aromatic nitrogens is 2. The van der Waals surface area contributed by atoms with Gasteiger partial charge in [-0.25, -0.2) is 5.14 Å². The number of amides is 1. The van der Waals surface area contributed by atoms with Crippen LogP contribution in [0.25, 0.3) is 0 Å². The molecule has 0 aliphatic carbocycles. The molecule has 1 aromatic heterocycles. The van der Waals surface area contributed by atoms with Crippen molar-refractivity contribution in [1.29, 1.82) is 0 Å². The Morgan fingerprint density at radius 2 is 2.04 bits per heavy atom. The Bertz CT molecular complexity index is 957. The minimum absolute atomic E-state index is 0. The van der Waals surface area contributed by atoms with Gasteiger partial charge >= 0.3 is 0 Å². The van der Waals surface area contributed by atoms with Gasteiger partial charge in [0.25, 0.3) is 16.1 Å². The molecule has 4 N–H and O–H groups in total. The highest BCUT2D eigenvalue weighted by molar-refractivity contribution is 7.90. The second kappa shape index (κ2) is 7.70. The van der Waals surface area contributed by atoms with Crippen LogP contribution in [-0.2, 0) is 27.0 Å². The van der Waals surface area contributed by atoms with E-state index in [0.717, 1.165) is 18.7 Å². The van der Waals surface area contributed by atoms with Crippen LogP contribution in [0.5, 0.6) is 0 Å². The SMILES string of the molecule is Cl.NS(=O)(=O)N1CCc2ccc(NC(=O)C3(n4cccn4)CCNCC3)cc21. The highest BCUT2D eigenvalue weighted by Gasteiger charge is 2.42. The number of halogens is 1. The number of anilines is 2. The van der Waals surface area contributed by atoms with Crippen LogP contribution in [0.15, 0.2) is 36.7 Å². The summed E-state index contributed by atoms with van der Waals surface area (Å²) in [6.07, 6.45) is 5.30. The molecule has 0 saturated carbocycles. The number of hydrogen-bond donors (Lipinski definition) is 3. The van der Waals surface area contributed by atoms with E-state index < -0.39 is 15.7 Å². The number of nitrogens with zero attached hydrogens (tertiary/aromatic N) is 3. The van der Waals surface area contributed by atoms with E-state index in [0.29, 0.717) is 37.2 Å². The van der Waals surface area contributed by atoms with Crippen LogP contribution in [0, 0.1) is 0 Å². The van der Waals surface area contributed by atoms with Gasteiger partial charge in [-0.15, -0.1) is 12.4 Å². The zero-order chi connectivity index (χ0) is 19.1. The molecule has 0 spiro atoms. The maximum atomic E-state index is 13.2. The lowest BCUT2D eigenvalue weighted by molar-refractivity contribution is -0.126. The van der Waals surface area contributed by atoms with E-state index in [9.17, 15) is 13.2 Å². The molecule has 1 fully saturated rings. The van der Waals surface area contributed by atoms with Crippen LogP contribution in [0.2, 0.25) is 0 Å². The Labute approximate surface area is 169 Å². The first-order valence-corrected chi connectivity index (χ1v) is 10.4. The molecule has 0 bridgehead atoms. The van der Waals surface area contributed by atoms with Crippen LogP contribution in [-0.4, -0.2) is 43.7 Å². The molecule has 152 valence electrons. The van der Waals surface area contributed by atoms with Gasteiger partial charge in [-0.2, -0.15) is 13.5 Å². The molecule has 2 aliphatic heterocycles. The molecule has 2 aromatic rings. The summed E-state index contributed by atoms with van der Waals surface area (Å²) in [4.78, 5) is 13.2. The lowest BCUT2D eigenvalue weighted by Gasteiger charge is -2.36. The quantitative estimate of drug-likeness (QED) is 0.660. The minimum atomic E-state index is -3.83. The zero-order valence-corrected chi connectivity index (χ0v) is 16.8. The van der Waals surface area contributed by atoms with E-state index in [4.69, 9.17) is 5.14 Å². The standard InChI is InChI=1S/C17H22N6O3S.ClH/c18-27(25,26)22-11-4-13-2-3-14(12-15(13)22)21-16(24)17(5-8-19-9-6-17)23-10-1-7-20-23;/h1-3,7,10,12,19H,4-6,8-9,11H2,(H,21,24)(H2,18,25,26);1H. The summed E-state index contributed by atoms with van der Waals surface area (Å²) in [7, 11) is -3.83. The predicted octanol–water partition coefficient (Wildman–Crippen LogP) is 0.588. The van der Waals surface area contributed by atoms with Crippen molar-refractivity contribution in [2.75, 3.05) is 29.3 Å². The van der Waals surface area contributed by atoms with Crippen molar-refractivity contribution >= 4 is 39.9 Å². The number of nitrogens with two attached hydrogens (primary N) is 1. The fourth-order valence-electron chi connectivity index (χ4n) is 3.86. The van der Waals surface area contributed by atoms with E-state index in [1.165, 1.54) is 4.31 Å². The molecule has 28 heavy (non-hydrogen) atoms. The first-order chi connectivity index (χ1) is 12.9. The molecule has 2 aliphatic rings. The molecular weight excluding hydrogens is 404 g/mol. The Morgan fingerprint density at radius 3 is 2.68 bits per heavy atom. The number of carbonyl (C=O) groups excluding carboxylic acids is 1. The number of piperidine rings is 1. The molecule has 0 atom stereocenters. The molecule has 3 heterocycles. The third-order valence-corrected chi connectivity index (χ3v) is 6.29. The van der Waals surface area contributed by atoms with Crippen LogP contribution < -0.4 is 20.1 Å². The highest BCUT2D eigenvalue weighted by Crippen LogP contribution is 2.33. The molecule has 9 nitrogen and oxygen atoms in total. The summed E-state index contributed by atoms with van der Waals surface area (Å²) in [6, 6.07) is 7.10. The average molecular weight is 427 g/mol. The van der Waals surface area contributed by atoms with Gasteiger partial charge < -0.3 is 10.6 Å². The van der Waals surface area contributed by atoms with Gasteiger partial charge in [-0.1, -0.05) is 6.07 Å². The largest absolute Gasteiger partial charge is 0.324 e. The van der Waals surface area contributed by atoms with Crippen LogP contribution in [0.3, 0.4) is 0 Å². The van der Waals surface area contributed by atoms with E-state index in [-0.39, 0.29) is 18.3 Å². The summed E-state index contributed by atoms with van der Waals surface area (Å²) in [5, 5.41) is 15.8. The van der Waals surface area contributed by atoms with Crippen molar-refractivity contribution in [2.45, 2.75) is 24.8 Å². The van der Waals surface area contributed by atoms with Crippen LogP contribution >= 0.6 is 12.4 Å². The number of hydrogen-bond acceptors (Lipinski definition) is 5. The normalized spacial score (nSPS) is 18.2. The van der Waals surface area contributed by atoms with Gasteiger partial charge in [0.1, 0.15) is 5.54 Å². The first kappa shape index (κ1) is 20.6. The van der Waals surface area contributed by atoms with E-state index >= 15 is 0 Å². The third-order valence-electron chi connectivity index (χ3n) is 5.30. The summed E-state index contributed by atoms with van der Waals surface area (Å²) in [6.45, 7) is 1.75. The van der Waals surface area contributed by atoms with Gasteiger partial charge in [-0.05, 0) is 56.1 Å². The van der Waals surface area contributed by atoms with Gasteiger partial charge in [0.05, 0.1) is 5.69 Å². The third kappa shape index (κ3) is 3.60. The lowest BCUT2D eigenvalue weighted by atomic mass is 9.87.